The Hall–Kier alpha value is -1.17. The summed E-state index contributed by atoms with van der Waals surface area (Å²) in [5, 5.41) is 122. The predicted molar refractivity (Wildman–Crippen MR) is 308 cm³/mol. The highest BCUT2D eigenvalue weighted by atomic mass is 16.7. The van der Waals surface area contributed by atoms with Crippen LogP contribution in [0.3, 0.4) is 0 Å². The Morgan fingerprint density at radius 1 is 0.450 bits per heavy atom. The van der Waals surface area contributed by atoms with Crippen LogP contribution in [0.25, 0.3) is 0 Å². The van der Waals surface area contributed by atoms with E-state index in [1.54, 1.807) is 0 Å². The van der Waals surface area contributed by atoms with E-state index in [1.807, 2.05) is 0 Å². The third-order valence-corrected chi connectivity index (χ3v) is 17.1. The van der Waals surface area contributed by atoms with Crippen molar-refractivity contribution in [2.24, 2.45) is 0 Å². The van der Waals surface area contributed by atoms with Gasteiger partial charge >= 0.3 is 0 Å². The summed E-state index contributed by atoms with van der Waals surface area (Å²) >= 11 is 0. The number of unbranched alkanes of at least 4 members (excludes halogenated alkanes) is 33. The molecule has 0 aliphatic carbocycles. The molecule has 1 amide bonds. The van der Waals surface area contributed by atoms with Crippen molar-refractivity contribution in [1.82, 2.24) is 5.32 Å². The van der Waals surface area contributed by atoms with Gasteiger partial charge in [-0.1, -0.05) is 232 Å². The third kappa shape index (κ3) is 28.8. The van der Waals surface area contributed by atoms with Crippen molar-refractivity contribution in [1.29, 1.82) is 0 Å². The Labute approximate surface area is 482 Å². The molecule has 0 spiro atoms. The first-order valence-electron chi connectivity index (χ1n) is 32.6. The van der Waals surface area contributed by atoms with Gasteiger partial charge in [-0.15, -0.1) is 0 Å². The molecule has 0 radical (unpaired) electrons. The predicted octanol–water partition coefficient (Wildman–Crippen LogP) is 7.58. The van der Waals surface area contributed by atoms with E-state index in [1.165, 1.54) is 173 Å². The van der Waals surface area contributed by atoms with Crippen molar-refractivity contribution >= 4 is 5.91 Å². The first kappa shape index (κ1) is 73.1. The normalized spacial score (nSPS) is 29.4. The summed E-state index contributed by atoms with van der Waals surface area (Å²) in [6.07, 6.45) is 18.7. The standard InChI is InChI=1S/C62H119NO17/c1-3-5-7-9-11-13-15-17-18-19-20-21-22-23-24-25-26-27-29-31-33-35-37-39-52(69)63-45(54(70)46(67)38-36-34-32-30-28-16-14-12-10-8-6-4-2)40-48-56(72)58(74)60(51(44-66)76-48)80-62-59(75)61(57(73)50(43-65)78-62)79-53-41-47(68)55(71)49(42-64)77-53/h45-51,53-62,64-68,70-75H,3-44H2,1-2H3,(H,63,69)/t45-,46+,47+,48-,49+,50+,51+,53+,54-,55+,56-,57-,58+,59+,60+,61-,62-/m0/s1. The molecule has 17 atom stereocenters. The highest BCUT2D eigenvalue weighted by molar-refractivity contribution is 5.76. The van der Waals surface area contributed by atoms with E-state index < -0.39 is 124 Å². The molecule has 0 bridgehead atoms. The van der Waals surface area contributed by atoms with Crippen molar-refractivity contribution in [3.8, 4) is 0 Å². The first-order chi connectivity index (χ1) is 38.8. The molecule has 3 fully saturated rings. The van der Waals surface area contributed by atoms with Crippen LogP contribution in [0.2, 0.25) is 0 Å². The summed E-state index contributed by atoms with van der Waals surface area (Å²) in [4.78, 5) is 13.5. The molecular weight excluding hydrogens is 1030 g/mol. The maximum Gasteiger partial charge on any atom is 0.220 e. The number of aliphatic hydroxyl groups is 11. The lowest BCUT2D eigenvalue weighted by molar-refractivity contribution is -0.364. The second-order valence-electron chi connectivity index (χ2n) is 24.0. The van der Waals surface area contributed by atoms with Crippen molar-refractivity contribution in [2.45, 2.75) is 368 Å². The molecule has 0 aromatic rings. The number of amides is 1. The first-order valence-corrected chi connectivity index (χ1v) is 32.6. The lowest BCUT2D eigenvalue weighted by atomic mass is 9.88. The minimum absolute atomic E-state index is 0.193. The second-order valence-corrected chi connectivity index (χ2v) is 24.0. The molecule has 80 heavy (non-hydrogen) atoms. The van der Waals surface area contributed by atoms with Crippen LogP contribution >= 0.6 is 0 Å². The topological polar surface area (TPSA) is 298 Å². The fourth-order valence-corrected chi connectivity index (χ4v) is 11.9. The fraction of sp³-hybridized carbons (Fsp3) is 0.984. The summed E-state index contributed by atoms with van der Waals surface area (Å²) in [5.74, 6) is -0.335. The van der Waals surface area contributed by atoms with Gasteiger partial charge in [0.15, 0.2) is 12.6 Å². The summed E-state index contributed by atoms with van der Waals surface area (Å²) < 4.78 is 29.1. The maximum absolute atomic E-state index is 13.5. The average Bonchev–Trinajstić information content (AvgIpc) is 3.47. The van der Waals surface area contributed by atoms with Crippen molar-refractivity contribution in [3.63, 3.8) is 0 Å². The zero-order chi connectivity index (χ0) is 58.3. The Morgan fingerprint density at radius 3 is 1.30 bits per heavy atom. The minimum Gasteiger partial charge on any atom is -0.394 e. The van der Waals surface area contributed by atoms with Gasteiger partial charge in [0.25, 0.3) is 0 Å². The maximum atomic E-state index is 13.5. The van der Waals surface area contributed by atoms with Gasteiger partial charge in [0.1, 0.15) is 67.1 Å². The van der Waals surface area contributed by atoms with Gasteiger partial charge in [0.05, 0.1) is 44.2 Å². The third-order valence-electron chi connectivity index (χ3n) is 17.1. The Bertz CT molecular complexity index is 1470. The lowest BCUT2D eigenvalue weighted by Crippen LogP contribution is -2.66. The monoisotopic (exact) mass is 1150 g/mol. The molecule has 0 aromatic carbocycles. The molecule has 3 saturated heterocycles. The lowest BCUT2D eigenvalue weighted by Gasteiger charge is -2.48. The number of aliphatic hydroxyl groups excluding tert-OH is 11. The van der Waals surface area contributed by atoms with Crippen molar-refractivity contribution in [3.05, 3.63) is 0 Å². The molecule has 3 aliphatic heterocycles. The molecule has 3 heterocycles. The van der Waals surface area contributed by atoms with Crippen LogP contribution in [-0.4, -0.2) is 186 Å². The SMILES string of the molecule is CCCCCCCCCCCCCCCCCCCCCCCCCC(=O)N[C@@H](C[C@@H]1O[C@H](CO)[C@@H](O[C@@H]2O[C@H](CO)[C@H](O)[C@H](O[C@@H]3C[C@@H](O)[C@@H](O)[C@@H](CO)O3)[C@H]2O)[C@H](O)[C@H]1O)[C@H](O)[C@H](O)CCCCCCCCCCCCCC. The zero-order valence-corrected chi connectivity index (χ0v) is 49.9. The summed E-state index contributed by atoms with van der Waals surface area (Å²) in [6, 6.07) is -1.11. The highest BCUT2D eigenvalue weighted by Gasteiger charge is 2.53. The average molecular weight is 1150 g/mol. The fourth-order valence-electron chi connectivity index (χ4n) is 11.9. The number of rotatable bonds is 49. The number of nitrogens with one attached hydrogen (secondary N) is 1. The second kappa shape index (κ2) is 45.2. The number of carbonyl (C=O) groups is 1. The summed E-state index contributed by atoms with van der Waals surface area (Å²) in [6.45, 7) is 2.28. The van der Waals surface area contributed by atoms with E-state index in [9.17, 15) is 61.0 Å². The van der Waals surface area contributed by atoms with E-state index in [-0.39, 0.29) is 31.6 Å². The van der Waals surface area contributed by atoms with Crippen molar-refractivity contribution in [2.75, 3.05) is 19.8 Å². The highest BCUT2D eigenvalue weighted by Crippen LogP contribution is 2.34. The quantitative estimate of drug-likeness (QED) is 0.0261. The van der Waals surface area contributed by atoms with Gasteiger partial charge in [-0.2, -0.15) is 0 Å². The van der Waals surface area contributed by atoms with Crippen LogP contribution in [0, 0.1) is 0 Å². The molecule has 3 rings (SSSR count). The van der Waals surface area contributed by atoms with Gasteiger partial charge in [-0.3, -0.25) is 4.79 Å². The minimum atomic E-state index is -1.85. The zero-order valence-electron chi connectivity index (χ0n) is 49.9. The van der Waals surface area contributed by atoms with Crippen LogP contribution in [0.1, 0.15) is 264 Å². The van der Waals surface area contributed by atoms with Crippen LogP contribution in [0.15, 0.2) is 0 Å². The molecule has 12 N–H and O–H groups in total. The number of hydrogen-bond acceptors (Lipinski definition) is 17. The van der Waals surface area contributed by atoms with Gasteiger partial charge in [-0.25, -0.2) is 0 Å². The smallest absolute Gasteiger partial charge is 0.220 e. The summed E-state index contributed by atoms with van der Waals surface area (Å²) in [7, 11) is 0. The van der Waals surface area contributed by atoms with Crippen LogP contribution in [-0.2, 0) is 28.5 Å². The molecule has 18 nitrogen and oxygen atoms in total. The number of carbonyl (C=O) groups excluding carboxylic acids is 1. The van der Waals surface area contributed by atoms with E-state index in [2.05, 4.69) is 19.2 Å². The van der Waals surface area contributed by atoms with E-state index in [0.717, 1.165) is 38.5 Å². The van der Waals surface area contributed by atoms with Gasteiger partial charge < -0.3 is 85.2 Å². The van der Waals surface area contributed by atoms with Crippen molar-refractivity contribution < 1.29 is 84.7 Å². The van der Waals surface area contributed by atoms with E-state index in [0.29, 0.717) is 12.8 Å². The molecule has 3 aliphatic rings. The molecule has 0 saturated carbocycles. The Kier molecular flexibility index (Phi) is 41.3. The number of hydrogen-bond donors (Lipinski definition) is 12. The van der Waals surface area contributed by atoms with Gasteiger partial charge in [0, 0.05) is 12.8 Å². The molecule has 0 unspecified atom stereocenters. The van der Waals surface area contributed by atoms with E-state index >= 15 is 0 Å². The molecule has 0 aromatic heterocycles. The Balaban J connectivity index is 1.48. The number of ether oxygens (including phenoxy) is 5. The molecular formula is C62H119NO17. The largest absolute Gasteiger partial charge is 0.394 e. The Morgan fingerprint density at radius 2 is 0.863 bits per heavy atom. The summed E-state index contributed by atoms with van der Waals surface area (Å²) in [5.41, 5.74) is 0. The van der Waals surface area contributed by atoms with Crippen LogP contribution in [0.4, 0.5) is 0 Å². The molecule has 18 heteroatoms. The van der Waals surface area contributed by atoms with Crippen LogP contribution in [0.5, 0.6) is 0 Å². The molecule has 474 valence electrons. The van der Waals surface area contributed by atoms with Gasteiger partial charge in [-0.05, 0) is 19.3 Å². The van der Waals surface area contributed by atoms with Gasteiger partial charge in [0.2, 0.25) is 5.91 Å². The van der Waals surface area contributed by atoms with E-state index in [4.69, 9.17) is 23.7 Å². The van der Waals surface area contributed by atoms with Crippen LogP contribution < -0.4 is 5.32 Å².